The van der Waals surface area contributed by atoms with Crippen molar-refractivity contribution in [3.05, 3.63) is 18.5 Å². The van der Waals surface area contributed by atoms with Gasteiger partial charge in [0.1, 0.15) is 6.04 Å². The molecule has 0 radical (unpaired) electrons. The summed E-state index contributed by atoms with van der Waals surface area (Å²) in [6.45, 7) is 1.05. The van der Waals surface area contributed by atoms with Gasteiger partial charge < -0.3 is 10.0 Å². The van der Waals surface area contributed by atoms with Crippen LogP contribution in [0.3, 0.4) is 0 Å². The van der Waals surface area contributed by atoms with E-state index in [9.17, 15) is 9.59 Å². The number of carbonyl (C=O) groups excluding carboxylic acids is 1. The summed E-state index contributed by atoms with van der Waals surface area (Å²) in [5.41, 5.74) is 0. The molecule has 0 aliphatic carbocycles. The number of aromatic nitrogens is 2. The minimum atomic E-state index is -0.907. The first-order chi connectivity index (χ1) is 8.18. The Morgan fingerprint density at radius 3 is 2.94 bits per heavy atom. The molecule has 1 fully saturated rings. The second-order valence-corrected chi connectivity index (χ2v) is 4.10. The van der Waals surface area contributed by atoms with E-state index in [4.69, 9.17) is 5.11 Å². The molecule has 1 atom stereocenters. The number of carbonyl (C=O) groups is 2. The molecule has 1 N–H and O–H groups in total. The van der Waals surface area contributed by atoms with Crippen molar-refractivity contribution >= 4 is 11.9 Å². The van der Waals surface area contributed by atoms with E-state index < -0.39 is 12.0 Å². The standard InChI is InChI=1S/C11H15N3O3/c15-10(4-8-13-6-2-5-12-13)14-7-1-3-9(14)11(16)17/h2,5-6,9H,1,3-4,7-8H2,(H,16,17)/t9-/m1/s1. The number of nitrogens with zero attached hydrogens (tertiary/aromatic N) is 3. The Morgan fingerprint density at radius 1 is 1.47 bits per heavy atom. The zero-order valence-electron chi connectivity index (χ0n) is 9.45. The third kappa shape index (κ3) is 2.64. The van der Waals surface area contributed by atoms with Crippen LogP contribution in [0.1, 0.15) is 19.3 Å². The molecule has 1 aliphatic rings. The Bertz CT molecular complexity index is 402. The smallest absolute Gasteiger partial charge is 0.326 e. The molecule has 0 aromatic carbocycles. The number of hydrogen-bond donors (Lipinski definition) is 1. The van der Waals surface area contributed by atoms with E-state index >= 15 is 0 Å². The first-order valence-corrected chi connectivity index (χ1v) is 5.68. The summed E-state index contributed by atoms with van der Waals surface area (Å²) < 4.78 is 1.67. The van der Waals surface area contributed by atoms with Crippen LogP contribution < -0.4 is 0 Å². The molecule has 2 heterocycles. The van der Waals surface area contributed by atoms with Gasteiger partial charge in [-0.15, -0.1) is 0 Å². The fraction of sp³-hybridized carbons (Fsp3) is 0.545. The van der Waals surface area contributed by atoms with Gasteiger partial charge in [0, 0.05) is 31.9 Å². The van der Waals surface area contributed by atoms with Crippen molar-refractivity contribution in [1.29, 1.82) is 0 Å². The molecule has 0 bridgehead atoms. The van der Waals surface area contributed by atoms with Gasteiger partial charge in [0.25, 0.3) is 0 Å². The molecule has 92 valence electrons. The Hall–Kier alpha value is -1.85. The van der Waals surface area contributed by atoms with E-state index in [0.29, 0.717) is 25.9 Å². The summed E-state index contributed by atoms with van der Waals surface area (Å²) in [4.78, 5) is 24.3. The number of rotatable bonds is 4. The molecule has 6 heteroatoms. The number of aryl methyl sites for hydroxylation is 1. The molecule has 2 rings (SSSR count). The van der Waals surface area contributed by atoms with Crippen LogP contribution in [0.2, 0.25) is 0 Å². The Balaban J connectivity index is 1.89. The van der Waals surface area contributed by atoms with Crippen molar-refractivity contribution in [1.82, 2.24) is 14.7 Å². The zero-order valence-corrected chi connectivity index (χ0v) is 9.45. The highest BCUT2D eigenvalue weighted by atomic mass is 16.4. The number of likely N-dealkylation sites (tertiary alicyclic amines) is 1. The summed E-state index contributed by atoms with van der Waals surface area (Å²) >= 11 is 0. The molecule has 1 saturated heterocycles. The first kappa shape index (κ1) is 11.6. The first-order valence-electron chi connectivity index (χ1n) is 5.68. The van der Waals surface area contributed by atoms with Gasteiger partial charge in [0.15, 0.2) is 0 Å². The van der Waals surface area contributed by atoms with Crippen LogP contribution in [0.15, 0.2) is 18.5 Å². The molecule has 1 aliphatic heterocycles. The van der Waals surface area contributed by atoms with Gasteiger partial charge in [-0.05, 0) is 18.9 Å². The fourth-order valence-electron chi connectivity index (χ4n) is 2.11. The highest BCUT2D eigenvalue weighted by molar-refractivity contribution is 5.84. The predicted octanol–water partition coefficient (Wildman–Crippen LogP) is 0.349. The van der Waals surface area contributed by atoms with Crippen LogP contribution in [0.4, 0.5) is 0 Å². The lowest BCUT2D eigenvalue weighted by Crippen LogP contribution is -2.40. The maximum absolute atomic E-state index is 11.9. The van der Waals surface area contributed by atoms with Crippen LogP contribution in [-0.4, -0.2) is 44.3 Å². The van der Waals surface area contributed by atoms with Gasteiger partial charge in [-0.2, -0.15) is 5.10 Å². The SMILES string of the molecule is O=C(O)[C@H]1CCCN1C(=O)CCn1cccn1. The number of carboxylic acids is 1. The van der Waals surface area contributed by atoms with Gasteiger partial charge in [0.2, 0.25) is 5.91 Å². The number of amides is 1. The lowest BCUT2D eigenvalue weighted by Gasteiger charge is -2.21. The van der Waals surface area contributed by atoms with Gasteiger partial charge >= 0.3 is 5.97 Å². The Kier molecular flexibility index (Phi) is 3.41. The van der Waals surface area contributed by atoms with E-state index in [1.165, 1.54) is 4.90 Å². The second-order valence-electron chi connectivity index (χ2n) is 4.10. The fourth-order valence-corrected chi connectivity index (χ4v) is 2.11. The molecular weight excluding hydrogens is 222 g/mol. The van der Waals surface area contributed by atoms with Gasteiger partial charge in [0.05, 0.1) is 0 Å². The molecule has 17 heavy (non-hydrogen) atoms. The van der Waals surface area contributed by atoms with Crippen molar-refractivity contribution in [2.45, 2.75) is 31.8 Å². The maximum atomic E-state index is 11.9. The molecule has 0 spiro atoms. The van der Waals surface area contributed by atoms with E-state index in [-0.39, 0.29) is 5.91 Å². The summed E-state index contributed by atoms with van der Waals surface area (Å²) in [7, 11) is 0. The van der Waals surface area contributed by atoms with E-state index in [1.54, 1.807) is 23.1 Å². The quantitative estimate of drug-likeness (QED) is 0.819. The highest BCUT2D eigenvalue weighted by Gasteiger charge is 2.33. The molecule has 1 aromatic rings. The van der Waals surface area contributed by atoms with Gasteiger partial charge in [-0.1, -0.05) is 0 Å². The molecular formula is C11H15N3O3. The van der Waals surface area contributed by atoms with Crippen LogP contribution in [0, 0.1) is 0 Å². The van der Waals surface area contributed by atoms with Crippen molar-refractivity contribution in [3.8, 4) is 0 Å². The maximum Gasteiger partial charge on any atom is 0.326 e. The Morgan fingerprint density at radius 2 is 2.29 bits per heavy atom. The van der Waals surface area contributed by atoms with E-state index in [1.807, 2.05) is 0 Å². The monoisotopic (exact) mass is 237 g/mol. The molecule has 6 nitrogen and oxygen atoms in total. The lowest BCUT2D eigenvalue weighted by atomic mass is 10.2. The topological polar surface area (TPSA) is 75.4 Å². The number of carboxylic acid groups (broad SMARTS) is 1. The van der Waals surface area contributed by atoms with Crippen molar-refractivity contribution in [2.75, 3.05) is 6.54 Å². The summed E-state index contributed by atoms with van der Waals surface area (Å²) in [6, 6.07) is 1.15. The van der Waals surface area contributed by atoms with E-state index in [2.05, 4.69) is 5.10 Å². The van der Waals surface area contributed by atoms with Crippen molar-refractivity contribution in [2.24, 2.45) is 0 Å². The molecule has 0 saturated carbocycles. The largest absolute Gasteiger partial charge is 0.480 e. The minimum absolute atomic E-state index is 0.106. The number of aliphatic carboxylic acids is 1. The third-order valence-electron chi connectivity index (χ3n) is 2.97. The number of hydrogen-bond acceptors (Lipinski definition) is 3. The predicted molar refractivity (Wildman–Crippen MR) is 59.2 cm³/mol. The summed E-state index contributed by atoms with van der Waals surface area (Å²) in [5, 5.41) is 13.0. The summed E-state index contributed by atoms with van der Waals surface area (Å²) in [6.07, 6.45) is 5.06. The van der Waals surface area contributed by atoms with Crippen LogP contribution >= 0.6 is 0 Å². The lowest BCUT2D eigenvalue weighted by molar-refractivity contribution is -0.148. The minimum Gasteiger partial charge on any atom is -0.480 e. The summed E-state index contributed by atoms with van der Waals surface area (Å²) in [5.74, 6) is -1.01. The average Bonchev–Trinajstić information content (AvgIpc) is 2.96. The van der Waals surface area contributed by atoms with Crippen LogP contribution in [0.25, 0.3) is 0 Å². The third-order valence-corrected chi connectivity index (χ3v) is 2.97. The average molecular weight is 237 g/mol. The van der Waals surface area contributed by atoms with Crippen LogP contribution in [-0.2, 0) is 16.1 Å². The second kappa shape index (κ2) is 4.99. The Labute approximate surface area is 98.8 Å². The van der Waals surface area contributed by atoms with Crippen LogP contribution in [0.5, 0.6) is 0 Å². The zero-order chi connectivity index (χ0) is 12.3. The van der Waals surface area contributed by atoms with Crippen molar-refractivity contribution in [3.63, 3.8) is 0 Å². The van der Waals surface area contributed by atoms with Gasteiger partial charge in [-0.3, -0.25) is 9.48 Å². The van der Waals surface area contributed by atoms with Crippen molar-refractivity contribution < 1.29 is 14.7 Å². The van der Waals surface area contributed by atoms with Gasteiger partial charge in [-0.25, -0.2) is 4.79 Å². The normalized spacial score (nSPS) is 19.5. The molecule has 1 amide bonds. The molecule has 0 unspecified atom stereocenters. The van der Waals surface area contributed by atoms with E-state index in [0.717, 1.165) is 6.42 Å². The molecule has 1 aromatic heterocycles. The highest BCUT2D eigenvalue weighted by Crippen LogP contribution is 2.18.